The molecule has 0 aliphatic carbocycles. The fourth-order valence-electron chi connectivity index (χ4n) is 2.02. The highest BCUT2D eigenvalue weighted by Gasteiger charge is 2.32. The van der Waals surface area contributed by atoms with Crippen LogP contribution in [0.4, 0.5) is 22.0 Å². The number of aliphatic hydroxyl groups excluding tert-OH is 1. The van der Waals surface area contributed by atoms with Crippen molar-refractivity contribution in [2.24, 2.45) is 0 Å². The number of benzene rings is 2. The van der Waals surface area contributed by atoms with Gasteiger partial charge < -0.3 is 5.11 Å². The Morgan fingerprint density at radius 1 is 0.952 bits per heavy atom. The first kappa shape index (κ1) is 15.4. The van der Waals surface area contributed by atoms with Crippen LogP contribution in [-0.2, 0) is 6.18 Å². The normalized spacial score (nSPS) is 13.3. The summed E-state index contributed by atoms with van der Waals surface area (Å²) in [6.45, 7) is 1.57. The molecule has 1 atom stereocenters. The molecule has 21 heavy (non-hydrogen) atoms. The third-order valence-corrected chi connectivity index (χ3v) is 3.10. The minimum atomic E-state index is -4.73. The van der Waals surface area contributed by atoms with Crippen LogP contribution in [0.3, 0.4) is 0 Å². The van der Waals surface area contributed by atoms with Gasteiger partial charge in [0, 0.05) is 0 Å². The van der Waals surface area contributed by atoms with Gasteiger partial charge in [-0.05, 0) is 53.9 Å². The number of aliphatic hydroxyl groups is 1. The third kappa shape index (κ3) is 3.39. The summed E-state index contributed by atoms with van der Waals surface area (Å²) in [5, 5.41) is 10.1. The minimum absolute atomic E-state index is 0.0914. The first-order valence-corrected chi connectivity index (χ1v) is 6.00. The predicted octanol–water partition coefficient (Wildman–Crippen LogP) is 4.37. The average Bonchev–Trinajstić information content (AvgIpc) is 2.39. The van der Waals surface area contributed by atoms with E-state index in [1.807, 2.05) is 0 Å². The first-order chi connectivity index (χ1) is 9.68. The second-order valence-electron chi connectivity index (χ2n) is 4.67. The summed E-state index contributed by atoms with van der Waals surface area (Å²) < 4.78 is 64.5. The molecule has 2 aromatic carbocycles. The van der Waals surface area contributed by atoms with Crippen molar-refractivity contribution in [2.45, 2.75) is 19.2 Å². The van der Waals surface area contributed by atoms with Gasteiger partial charge in [0.15, 0.2) is 0 Å². The molecule has 0 aromatic heterocycles. The molecule has 0 aliphatic rings. The van der Waals surface area contributed by atoms with Crippen LogP contribution in [0, 0.1) is 18.6 Å². The van der Waals surface area contributed by atoms with Gasteiger partial charge in [-0.3, -0.25) is 0 Å². The van der Waals surface area contributed by atoms with Crippen LogP contribution in [0.1, 0.15) is 28.4 Å². The molecule has 1 unspecified atom stereocenters. The molecule has 0 aliphatic heterocycles. The first-order valence-electron chi connectivity index (χ1n) is 6.00. The minimum Gasteiger partial charge on any atom is -0.384 e. The van der Waals surface area contributed by atoms with E-state index in [1.54, 1.807) is 6.92 Å². The lowest BCUT2D eigenvalue weighted by molar-refractivity contribution is -0.137. The Morgan fingerprint density at radius 2 is 1.62 bits per heavy atom. The topological polar surface area (TPSA) is 20.2 Å². The van der Waals surface area contributed by atoms with Crippen LogP contribution in [0.15, 0.2) is 36.4 Å². The second-order valence-corrected chi connectivity index (χ2v) is 4.67. The molecule has 0 fully saturated rings. The fraction of sp³-hybridized carbons (Fsp3) is 0.200. The maximum Gasteiger partial charge on any atom is 0.416 e. The Labute approximate surface area is 117 Å². The average molecular weight is 302 g/mol. The van der Waals surface area contributed by atoms with E-state index in [2.05, 4.69) is 0 Å². The number of alkyl halides is 3. The van der Waals surface area contributed by atoms with Gasteiger partial charge in [0.1, 0.15) is 17.7 Å². The Bertz CT molecular complexity index is 664. The van der Waals surface area contributed by atoms with E-state index in [0.29, 0.717) is 17.7 Å². The molecular formula is C15H11F5O. The molecule has 0 amide bonds. The second kappa shape index (κ2) is 5.44. The van der Waals surface area contributed by atoms with Crippen LogP contribution < -0.4 is 0 Å². The molecule has 112 valence electrons. The number of aryl methyl sites for hydroxylation is 1. The smallest absolute Gasteiger partial charge is 0.384 e. The molecule has 0 radical (unpaired) electrons. The van der Waals surface area contributed by atoms with Crippen LogP contribution in [-0.4, -0.2) is 5.11 Å². The Balaban J connectivity index is 2.51. The van der Waals surface area contributed by atoms with E-state index in [0.717, 1.165) is 18.2 Å². The standard InChI is InChI=1S/C15H11F5O/c1-8-2-3-11(16)7-13(8)14(21)9-4-10(15(18,19)20)6-12(17)5-9/h2-7,14,21H,1H3. The van der Waals surface area contributed by atoms with Crippen molar-refractivity contribution in [3.05, 3.63) is 70.3 Å². The van der Waals surface area contributed by atoms with Crippen molar-refractivity contribution in [2.75, 3.05) is 0 Å². The molecule has 0 heterocycles. The molecule has 2 aromatic rings. The van der Waals surface area contributed by atoms with E-state index >= 15 is 0 Å². The summed E-state index contributed by atoms with van der Waals surface area (Å²) >= 11 is 0. The van der Waals surface area contributed by atoms with Gasteiger partial charge in [-0.25, -0.2) is 8.78 Å². The molecule has 0 saturated heterocycles. The Hall–Kier alpha value is -1.95. The van der Waals surface area contributed by atoms with Crippen molar-refractivity contribution >= 4 is 0 Å². The number of halogens is 5. The monoisotopic (exact) mass is 302 g/mol. The molecule has 6 heteroatoms. The zero-order valence-electron chi connectivity index (χ0n) is 10.9. The zero-order chi connectivity index (χ0) is 15.8. The van der Waals surface area contributed by atoms with Gasteiger partial charge in [0.2, 0.25) is 0 Å². The molecule has 1 N–H and O–H groups in total. The number of rotatable bonds is 2. The van der Waals surface area contributed by atoms with Crippen molar-refractivity contribution in [1.82, 2.24) is 0 Å². The van der Waals surface area contributed by atoms with Crippen molar-refractivity contribution in [1.29, 1.82) is 0 Å². The van der Waals surface area contributed by atoms with Gasteiger partial charge in [-0.15, -0.1) is 0 Å². The van der Waals surface area contributed by atoms with Crippen LogP contribution in [0.5, 0.6) is 0 Å². The van der Waals surface area contributed by atoms with Gasteiger partial charge >= 0.3 is 6.18 Å². The summed E-state index contributed by atoms with van der Waals surface area (Å²) in [7, 11) is 0. The number of hydrogen-bond donors (Lipinski definition) is 1. The Kier molecular flexibility index (Phi) is 4.00. The summed E-state index contributed by atoms with van der Waals surface area (Å²) in [6, 6.07) is 5.35. The lowest BCUT2D eigenvalue weighted by Crippen LogP contribution is -2.09. The van der Waals surface area contributed by atoms with E-state index in [4.69, 9.17) is 0 Å². The SMILES string of the molecule is Cc1ccc(F)cc1C(O)c1cc(F)cc(C(F)(F)F)c1. The molecule has 0 spiro atoms. The quantitative estimate of drug-likeness (QED) is 0.817. The molecular weight excluding hydrogens is 291 g/mol. The highest BCUT2D eigenvalue weighted by molar-refractivity contribution is 5.38. The van der Waals surface area contributed by atoms with E-state index in [1.165, 1.54) is 6.07 Å². The van der Waals surface area contributed by atoms with E-state index in [-0.39, 0.29) is 11.1 Å². The molecule has 1 nitrogen and oxygen atoms in total. The van der Waals surface area contributed by atoms with Crippen LogP contribution in [0.2, 0.25) is 0 Å². The fourth-order valence-corrected chi connectivity index (χ4v) is 2.02. The third-order valence-electron chi connectivity index (χ3n) is 3.10. The highest BCUT2D eigenvalue weighted by atomic mass is 19.4. The predicted molar refractivity (Wildman–Crippen MR) is 66.6 cm³/mol. The summed E-state index contributed by atoms with van der Waals surface area (Å²) in [5.74, 6) is -1.75. The van der Waals surface area contributed by atoms with Gasteiger partial charge in [-0.2, -0.15) is 13.2 Å². The molecule has 0 bridgehead atoms. The highest BCUT2D eigenvalue weighted by Crippen LogP contribution is 2.33. The summed E-state index contributed by atoms with van der Waals surface area (Å²) in [5.41, 5.74) is -0.905. The lowest BCUT2D eigenvalue weighted by atomic mass is 9.96. The largest absolute Gasteiger partial charge is 0.416 e. The van der Waals surface area contributed by atoms with Crippen molar-refractivity contribution < 1.29 is 27.1 Å². The van der Waals surface area contributed by atoms with Crippen molar-refractivity contribution in [3.8, 4) is 0 Å². The van der Waals surface area contributed by atoms with E-state index < -0.39 is 29.5 Å². The van der Waals surface area contributed by atoms with Gasteiger partial charge in [-0.1, -0.05) is 6.07 Å². The Morgan fingerprint density at radius 3 is 2.24 bits per heavy atom. The maximum absolute atomic E-state index is 13.3. The molecule has 0 saturated carbocycles. The van der Waals surface area contributed by atoms with Gasteiger partial charge in [0.25, 0.3) is 0 Å². The van der Waals surface area contributed by atoms with Crippen LogP contribution in [0.25, 0.3) is 0 Å². The van der Waals surface area contributed by atoms with E-state index in [9.17, 15) is 27.1 Å². The molecule has 2 rings (SSSR count). The maximum atomic E-state index is 13.3. The lowest BCUT2D eigenvalue weighted by Gasteiger charge is -2.16. The zero-order valence-corrected chi connectivity index (χ0v) is 10.9. The summed E-state index contributed by atoms with van der Waals surface area (Å²) in [4.78, 5) is 0. The summed E-state index contributed by atoms with van der Waals surface area (Å²) in [6.07, 6.45) is -6.27. The van der Waals surface area contributed by atoms with Crippen LogP contribution >= 0.6 is 0 Å². The number of hydrogen-bond acceptors (Lipinski definition) is 1. The van der Waals surface area contributed by atoms with Gasteiger partial charge in [0.05, 0.1) is 5.56 Å². The van der Waals surface area contributed by atoms with Crippen molar-refractivity contribution in [3.63, 3.8) is 0 Å².